The molecule has 0 radical (unpaired) electrons. The minimum absolute atomic E-state index is 0.0519. The van der Waals surface area contributed by atoms with Crippen molar-refractivity contribution in [3.63, 3.8) is 0 Å². The van der Waals surface area contributed by atoms with E-state index in [1.54, 1.807) is 30.3 Å². The van der Waals surface area contributed by atoms with Gasteiger partial charge >= 0.3 is 0 Å². The molecule has 0 aliphatic carbocycles. The van der Waals surface area contributed by atoms with Gasteiger partial charge in [-0.1, -0.05) is 25.1 Å². The first-order valence-corrected chi connectivity index (χ1v) is 7.44. The van der Waals surface area contributed by atoms with Crippen LogP contribution in [0, 0.1) is 0 Å². The Bertz CT molecular complexity index is 554. The Kier molecular flexibility index (Phi) is 5.05. The molecule has 0 bridgehead atoms. The summed E-state index contributed by atoms with van der Waals surface area (Å²) in [6.07, 6.45) is 0.0519. The van der Waals surface area contributed by atoms with E-state index in [0.29, 0.717) is 5.69 Å². The molecular formula is C12H16N2O4S. The average molecular weight is 284 g/mol. The second kappa shape index (κ2) is 6.33. The van der Waals surface area contributed by atoms with Crippen molar-refractivity contribution in [3.05, 3.63) is 30.3 Å². The molecule has 104 valence electrons. The fourth-order valence-corrected chi connectivity index (χ4v) is 3.13. The minimum atomic E-state index is -3.88. The molecule has 0 aliphatic rings. The summed E-state index contributed by atoms with van der Waals surface area (Å²) < 4.78 is 23.7. The van der Waals surface area contributed by atoms with Crippen molar-refractivity contribution >= 4 is 27.3 Å². The van der Waals surface area contributed by atoms with Crippen LogP contribution in [0.4, 0.5) is 5.69 Å². The van der Waals surface area contributed by atoms with E-state index >= 15 is 0 Å². The number of rotatable bonds is 6. The number of carbonyl (C=O) groups excluding carboxylic acids is 2. The van der Waals surface area contributed by atoms with Gasteiger partial charge in [0, 0.05) is 5.69 Å². The second-order valence-electron chi connectivity index (χ2n) is 4.02. The third-order valence-electron chi connectivity index (χ3n) is 2.51. The van der Waals surface area contributed by atoms with E-state index in [-0.39, 0.29) is 6.42 Å². The van der Waals surface area contributed by atoms with Crippen molar-refractivity contribution < 1.29 is 18.0 Å². The summed E-state index contributed by atoms with van der Waals surface area (Å²) in [5, 5.41) is 1.12. The molecule has 0 heterocycles. The molecule has 6 nitrogen and oxygen atoms in total. The molecule has 1 rings (SSSR count). The Morgan fingerprint density at radius 3 is 2.32 bits per heavy atom. The zero-order chi connectivity index (χ0) is 14.5. The lowest BCUT2D eigenvalue weighted by molar-refractivity contribution is -0.117. The Morgan fingerprint density at radius 1 is 1.26 bits per heavy atom. The van der Waals surface area contributed by atoms with Gasteiger partial charge < -0.3 is 11.1 Å². The van der Waals surface area contributed by atoms with E-state index in [0.717, 1.165) is 0 Å². The number of benzene rings is 1. The number of sulfone groups is 1. The van der Waals surface area contributed by atoms with Gasteiger partial charge in [-0.05, 0) is 18.6 Å². The maximum absolute atomic E-state index is 11.8. The highest BCUT2D eigenvalue weighted by Gasteiger charge is 2.31. The molecule has 0 saturated carbocycles. The van der Waals surface area contributed by atoms with Crippen LogP contribution in [0.5, 0.6) is 0 Å². The highest BCUT2D eigenvalue weighted by atomic mass is 32.2. The SMILES string of the molecule is CCC(C(N)=O)S(=O)(=O)CC(=O)Nc1ccccc1. The number of anilines is 1. The van der Waals surface area contributed by atoms with Crippen LogP contribution in [0.1, 0.15) is 13.3 Å². The first-order chi connectivity index (χ1) is 8.86. The third kappa shape index (κ3) is 4.36. The molecule has 1 aromatic rings. The Hall–Kier alpha value is -1.89. The van der Waals surface area contributed by atoms with Gasteiger partial charge in [-0.25, -0.2) is 8.42 Å². The molecule has 2 amide bonds. The second-order valence-corrected chi connectivity index (χ2v) is 6.20. The number of hydrogen-bond donors (Lipinski definition) is 2. The first kappa shape index (κ1) is 15.2. The van der Waals surface area contributed by atoms with Gasteiger partial charge in [0.15, 0.2) is 9.84 Å². The highest BCUT2D eigenvalue weighted by molar-refractivity contribution is 7.93. The Labute approximate surface area is 111 Å². The lowest BCUT2D eigenvalue weighted by atomic mass is 10.3. The first-order valence-electron chi connectivity index (χ1n) is 5.72. The lowest BCUT2D eigenvalue weighted by Gasteiger charge is -2.12. The number of para-hydroxylation sites is 1. The van der Waals surface area contributed by atoms with E-state index < -0.39 is 32.7 Å². The van der Waals surface area contributed by atoms with Gasteiger partial charge in [0.2, 0.25) is 11.8 Å². The van der Waals surface area contributed by atoms with Gasteiger partial charge in [0.1, 0.15) is 11.0 Å². The van der Waals surface area contributed by atoms with Crippen LogP contribution >= 0.6 is 0 Å². The van der Waals surface area contributed by atoms with Crippen molar-refractivity contribution in [2.75, 3.05) is 11.1 Å². The molecule has 0 aliphatic heterocycles. The molecule has 1 atom stereocenters. The van der Waals surface area contributed by atoms with Gasteiger partial charge in [-0.15, -0.1) is 0 Å². The average Bonchev–Trinajstić information content (AvgIpc) is 2.28. The van der Waals surface area contributed by atoms with E-state index in [9.17, 15) is 18.0 Å². The predicted molar refractivity (Wildman–Crippen MR) is 72.1 cm³/mol. The number of primary amides is 1. The summed E-state index contributed by atoms with van der Waals surface area (Å²) >= 11 is 0. The smallest absolute Gasteiger partial charge is 0.239 e. The molecular weight excluding hydrogens is 268 g/mol. The predicted octanol–water partition coefficient (Wildman–Crippen LogP) is 0.304. The van der Waals surface area contributed by atoms with Crippen LogP contribution in [-0.2, 0) is 19.4 Å². The number of carbonyl (C=O) groups is 2. The molecule has 1 aromatic carbocycles. The van der Waals surface area contributed by atoms with Crippen LogP contribution in [0.25, 0.3) is 0 Å². The quantitative estimate of drug-likeness (QED) is 0.783. The van der Waals surface area contributed by atoms with Gasteiger partial charge in [-0.2, -0.15) is 0 Å². The standard InChI is InChI=1S/C12H16N2O4S/c1-2-10(12(13)16)19(17,18)8-11(15)14-9-6-4-3-5-7-9/h3-7,10H,2,8H2,1H3,(H2,13,16)(H,14,15). The molecule has 0 fully saturated rings. The fraction of sp³-hybridized carbons (Fsp3) is 0.333. The minimum Gasteiger partial charge on any atom is -0.369 e. The van der Waals surface area contributed by atoms with Crippen molar-refractivity contribution in [2.45, 2.75) is 18.6 Å². The van der Waals surface area contributed by atoms with Gasteiger partial charge in [0.25, 0.3) is 0 Å². The summed E-state index contributed by atoms with van der Waals surface area (Å²) in [5.41, 5.74) is 5.51. The summed E-state index contributed by atoms with van der Waals surface area (Å²) in [6, 6.07) is 8.46. The molecule has 1 unspecified atom stereocenters. The molecule has 19 heavy (non-hydrogen) atoms. The van der Waals surface area contributed by atoms with E-state index in [1.165, 1.54) is 6.92 Å². The fourth-order valence-electron chi connectivity index (χ4n) is 1.63. The Morgan fingerprint density at radius 2 is 1.84 bits per heavy atom. The van der Waals surface area contributed by atoms with E-state index in [4.69, 9.17) is 5.73 Å². The summed E-state index contributed by atoms with van der Waals surface area (Å²) in [7, 11) is -3.88. The van der Waals surface area contributed by atoms with Crippen LogP contribution < -0.4 is 11.1 Å². The van der Waals surface area contributed by atoms with Gasteiger partial charge in [0.05, 0.1) is 0 Å². The van der Waals surface area contributed by atoms with E-state index in [2.05, 4.69) is 5.32 Å². The molecule has 7 heteroatoms. The van der Waals surface area contributed by atoms with Gasteiger partial charge in [-0.3, -0.25) is 9.59 Å². The van der Waals surface area contributed by atoms with Crippen LogP contribution in [0.15, 0.2) is 30.3 Å². The maximum Gasteiger partial charge on any atom is 0.239 e. The zero-order valence-electron chi connectivity index (χ0n) is 10.5. The van der Waals surface area contributed by atoms with Crippen molar-refractivity contribution in [3.8, 4) is 0 Å². The zero-order valence-corrected chi connectivity index (χ0v) is 11.3. The van der Waals surface area contributed by atoms with Crippen LogP contribution in [-0.4, -0.2) is 31.2 Å². The van der Waals surface area contributed by atoms with E-state index in [1.807, 2.05) is 0 Å². The van der Waals surface area contributed by atoms with Crippen LogP contribution in [0.3, 0.4) is 0 Å². The van der Waals surface area contributed by atoms with Crippen LogP contribution in [0.2, 0.25) is 0 Å². The normalized spacial score (nSPS) is 12.7. The largest absolute Gasteiger partial charge is 0.369 e. The monoisotopic (exact) mass is 284 g/mol. The number of hydrogen-bond acceptors (Lipinski definition) is 4. The topological polar surface area (TPSA) is 106 Å². The summed E-state index contributed by atoms with van der Waals surface area (Å²) in [4.78, 5) is 22.7. The molecule has 0 saturated heterocycles. The maximum atomic E-state index is 11.8. The molecule has 0 spiro atoms. The third-order valence-corrected chi connectivity index (χ3v) is 4.61. The number of nitrogens with one attached hydrogen (secondary N) is 1. The number of amides is 2. The molecule has 0 aromatic heterocycles. The Balaban J connectivity index is 2.73. The summed E-state index contributed by atoms with van der Waals surface area (Å²) in [6.45, 7) is 1.53. The highest BCUT2D eigenvalue weighted by Crippen LogP contribution is 2.09. The van der Waals surface area contributed by atoms with Crippen molar-refractivity contribution in [1.82, 2.24) is 0 Å². The number of nitrogens with two attached hydrogens (primary N) is 1. The lowest BCUT2D eigenvalue weighted by Crippen LogP contribution is -2.39. The van der Waals surface area contributed by atoms with Crippen molar-refractivity contribution in [2.24, 2.45) is 5.73 Å². The molecule has 3 N–H and O–H groups in total. The van der Waals surface area contributed by atoms with Crippen molar-refractivity contribution in [1.29, 1.82) is 0 Å². The summed E-state index contributed by atoms with van der Waals surface area (Å²) in [5.74, 6) is -2.38.